The van der Waals surface area contributed by atoms with Crippen molar-refractivity contribution in [3.63, 3.8) is 0 Å². The number of aromatic nitrogens is 2. The van der Waals surface area contributed by atoms with E-state index in [-0.39, 0.29) is 5.69 Å². The summed E-state index contributed by atoms with van der Waals surface area (Å²) in [5, 5.41) is 20.9. The number of hydrogen-bond acceptors (Lipinski definition) is 4. The van der Waals surface area contributed by atoms with Gasteiger partial charge in [0.25, 0.3) is 0 Å². The molecule has 0 atom stereocenters. The van der Waals surface area contributed by atoms with Crippen molar-refractivity contribution < 1.29 is 0 Å². The molecule has 0 aliphatic carbocycles. The summed E-state index contributed by atoms with van der Waals surface area (Å²) in [4.78, 5) is 3.87. The monoisotopic (exact) mass is 229 g/mol. The fourth-order valence-corrected chi connectivity index (χ4v) is 1.44. The van der Waals surface area contributed by atoms with E-state index in [2.05, 4.69) is 23.8 Å². The SMILES string of the molecule is C=C(CNCCC)Cn1cnc(C#N)c1C#N. The Morgan fingerprint density at radius 3 is 2.88 bits per heavy atom. The highest BCUT2D eigenvalue weighted by Crippen LogP contribution is 2.07. The summed E-state index contributed by atoms with van der Waals surface area (Å²) in [5.74, 6) is 0. The maximum atomic E-state index is 8.94. The maximum absolute atomic E-state index is 8.94. The van der Waals surface area contributed by atoms with Gasteiger partial charge in [-0.1, -0.05) is 13.5 Å². The third kappa shape index (κ3) is 3.44. The lowest BCUT2D eigenvalue weighted by atomic mass is 10.2. The van der Waals surface area contributed by atoms with Crippen LogP contribution < -0.4 is 5.32 Å². The van der Waals surface area contributed by atoms with Gasteiger partial charge in [0, 0.05) is 13.1 Å². The number of rotatable bonds is 6. The number of nitrogens with zero attached hydrogens (tertiary/aromatic N) is 4. The van der Waals surface area contributed by atoms with Crippen LogP contribution in [-0.2, 0) is 6.54 Å². The molecule has 5 heteroatoms. The summed E-state index contributed by atoms with van der Waals surface area (Å²) in [7, 11) is 0. The second-order valence-corrected chi connectivity index (χ2v) is 3.72. The van der Waals surface area contributed by atoms with Gasteiger partial charge in [0.05, 0.1) is 6.33 Å². The fraction of sp³-hybridized carbons (Fsp3) is 0.417. The van der Waals surface area contributed by atoms with Gasteiger partial charge in [-0.3, -0.25) is 0 Å². The zero-order valence-electron chi connectivity index (χ0n) is 9.90. The van der Waals surface area contributed by atoms with E-state index in [4.69, 9.17) is 10.5 Å². The third-order valence-corrected chi connectivity index (χ3v) is 2.25. The van der Waals surface area contributed by atoms with E-state index in [1.54, 1.807) is 4.57 Å². The summed E-state index contributed by atoms with van der Waals surface area (Å²) >= 11 is 0. The topological polar surface area (TPSA) is 77.4 Å². The molecular formula is C12H15N5. The highest BCUT2D eigenvalue weighted by atomic mass is 15.1. The van der Waals surface area contributed by atoms with Gasteiger partial charge in [0.15, 0.2) is 11.4 Å². The molecular weight excluding hydrogens is 214 g/mol. The molecule has 1 aromatic heterocycles. The van der Waals surface area contributed by atoms with Crippen molar-refractivity contribution >= 4 is 0 Å². The zero-order valence-corrected chi connectivity index (χ0v) is 9.90. The normalized spacial score (nSPS) is 9.59. The lowest BCUT2D eigenvalue weighted by molar-refractivity contribution is 0.671. The Hall–Kier alpha value is -2.11. The second-order valence-electron chi connectivity index (χ2n) is 3.72. The predicted octanol–water partition coefficient (Wildman–Crippen LogP) is 1.18. The average Bonchev–Trinajstić information content (AvgIpc) is 2.71. The molecule has 1 N–H and O–H groups in total. The van der Waals surface area contributed by atoms with Crippen LogP contribution in [0.3, 0.4) is 0 Å². The summed E-state index contributed by atoms with van der Waals surface area (Å²) in [6, 6.07) is 3.88. The lowest BCUT2D eigenvalue weighted by Crippen LogP contribution is -2.19. The minimum absolute atomic E-state index is 0.168. The summed E-state index contributed by atoms with van der Waals surface area (Å²) < 4.78 is 1.65. The molecule has 1 heterocycles. The van der Waals surface area contributed by atoms with Gasteiger partial charge in [0.1, 0.15) is 12.1 Å². The molecule has 0 amide bonds. The summed E-state index contributed by atoms with van der Waals surface area (Å²) in [6.07, 6.45) is 2.57. The molecule has 0 saturated carbocycles. The minimum Gasteiger partial charge on any atom is -0.317 e. The van der Waals surface area contributed by atoms with E-state index in [1.807, 2.05) is 12.1 Å². The molecule has 0 spiro atoms. The molecule has 1 aromatic rings. The number of nitriles is 2. The molecule has 0 unspecified atom stereocenters. The quantitative estimate of drug-likeness (QED) is 0.587. The Labute approximate surface area is 101 Å². The molecule has 5 nitrogen and oxygen atoms in total. The smallest absolute Gasteiger partial charge is 0.176 e. The van der Waals surface area contributed by atoms with Gasteiger partial charge in [-0.15, -0.1) is 0 Å². The van der Waals surface area contributed by atoms with Gasteiger partial charge in [0.2, 0.25) is 0 Å². The van der Waals surface area contributed by atoms with Crippen molar-refractivity contribution in [1.29, 1.82) is 10.5 Å². The van der Waals surface area contributed by atoms with Crippen LogP contribution in [0.15, 0.2) is 18.5 Å². The first kappa shape index (κ1) is 13.0. The molecule has 0 aromatic carbocycles. The Kier molecular flexibility index (Phi) is 4.93. The van der Waals surface area contributed by atoms with Crippen LogP contribution in [0.1, 0.15) is 24.7 Å². The number of imidazole rings is 1. The highest BCUT2D eigenvalue weighted by Gasteiger charge is 2.10. The minimum atomic E-state index is 0.168. The first-order valence-corrected chi connectivity index (χ1v) is 5.45. The van der Waals surface area contributed by atoms with E-state index in [9.17, 15) is 0 Å². The van der Waals surface area contributed by atoms with E-state index in [0.29, 0.717) is 18.8 Å². The van der Waals surface area contributed by atoms with E-state index in [1.165, 1.54) is 6.33 Å². The standard InChI is InChI=1S/C12H15N5/c1-3-4-15-7-10(2)8-17-9-16-11(5-13)12(17)6-14/h9,15H,2-4,7-8H2,1H3. The van der Waals surface area contributed by atoms with Crippen molar-refractivity contribution in [3.8, 4) is 12.1 Å². The van der Waals surface area contributed by atoms with Crippen LogP contribution in [0.2, 0.25) is 0 Å². The van der Waals surface area contributed by atoms with Crippen LogP contribution >= 0.6 is 0 Å². The van der Waals surface area contributed by atoms with E-state index >= 15 is 0 Å². The maximum Gasteiger partial charge on any atom is 0.176 e. The molecule has 88 valence electrons. The van der Waals surface area contributed by atoms with Crippen LogP contribution in [0.4, 0.5) is 0 Å². The van der Waals surface area contributed by atoms with Crippen LogP contribution in [-0.4, -0.2) is 22.6 Å². The lowest BCUT2D eigenvalue weighted by Gasteiger charge is -2.08. The molecule has 0 bridgehead atoms. The second kappa shape index (κ2) is 6.47. The Bertz CT molecular complexity index is 472. The van der Waals surface area contributed by atoms with Crippen LogP contribution in [0, 0.1) is 22.7 Å². The molecule has 0 radical (unpaired) electrons. The van der Waals surface area contributed by atoms with Crippen molar-refractivity contribution in [2.45, 2.75) is 19.9 Å². The number of nitrogens with one attached hydrogen (secondary N) is 1. The summed E-state index contributed by atoms with van der Waals surface area (Å²) in [6.45, 7) is 8.18. The molecule has 0 aliphatic rings. The fourth-order valence-electron chi connectivity index (χ4n) is 1.44. The van der Waals surface area contributed by atoms with Crippen molar-refractivity contribution in [3.05, 3.63) is 29.9 Å². The molecule has 0 fully saturated rings. The Morgan fingerprint density at radius 1 is 1.53 bits per heavy atom. The predicted molar refractivity (Wildman–Crippen MR) is 64.0 cm³/mol. The highest BCUT2D eigenvalue weighted by molar-refractivity contribution is 5.36. The Morgan fingerprint density at radius 2 is 2.29 bits per heavy atom. The van der Waals surface area contributed by atoms with Gasteiger partial charge in [-0.2, -0.15) is 10.5 Å². The first-order valence-electron chi connectivity index (χ1n) is 5.45. The van der Waals surface area contributed by atoms with Crippen molar-refractivity contribution in [1.82, 2.24) is 14.9 Å². The Balaban J connectivity index is 2.64. The van der Waals surface area contributed by atoms with Crippen molar-refractivity contribution in [2.24, 2.45) is 0 Å². The van der Waals surface area contributed by atoms with Gasteiger partial charge in [-0.05, 0) is 18.5 Å². The van der Waals surface area contributed by atoms with E-state index in [0.717, 1.165) is 18.5 Å². The van der Waals surface area contributed by atoms with Gasteiger partial charge < -0.3 is 9.88 Å². The van der Waals surface area contributed by atoms with Crippen LogP contribution in [0.25, 0.3) is 0 Å². The molecule has 0 saturated heterocycles. The van der Waals surface area contributed by atoms with E-state index < -0.39 is 0 Å². The van der Waals surface area contributed by atoms with Gasteiger partial charge in [-0.25, -0.2) is 4.98 Å². The molecule has 1 rings (SSSR count). The first-order chi connectivity index (χ1) is 8.22. The zero-order chi connectivity index (χ0) is 12.7. The van der Waals surface area contributed by atoms with Gasteiger partial charge >= 0.3 is 0 Å². The molecule has 17 heavy (non-hydrogen) atoms. The molecule has 0 aliphatic heterocycles. The summed E-state index contributed by atoms with van der Waals surface area (Å²) in [5.41, 5.74) is 1.42. The van der Waals surface area contributed by atoms with Crippen molar-refractivity contribution in [2.75, 3.05) is 13.1 Å². The van der Waals surface area contributed by atoms with Crippen LogP contribution in [0.5, 0.6) is 0 Å². The number of hydrogen-bond donors (Lipinski definition) is 1. The third-order valence-electron chi connectivity index (χ3n) is 2.25. The largest absolute Gasteiger partial charge is 0.317 e. The average molecular weight is 229 g/mol.